The number of amides is 1. The van der Waals surface area contributed by atoms with E-state index in [4.69, 9.17) is 0 Å². The van der Waals surface area contributed by atoms with Crippen molar-refractivity contribution in [3.8, 4) is 0 Å². The highest BCUT2D eigenvalue weighted by Crippen LogP contribution is 2.03. The highest BCUT2D eigenvalue weighted by molar-refractivity contribution is 5.95. The van der Waals surface area contributed by atoms with Crippen molar-refractivity contribution in [1.82, 2.24) is 20.2 Å². The average Bonchev–Trinajstić information content (AvgIpc) is 2.93. The number of benzene rings is 1. The van der Waals surface area contributed by atoms with E-state index < -0.39 is 22.6 Å². The molecule has 0 atom stereocenters. The number of carbonyl (C=O) groups is 1. The van der Waals surface area contributed by atoms with Crippen LogP contribution >= 0.6 is 0 Å². The molecular weight excluding hydrogens is 295 g/mol. The minimum absolute atomic E-state index is 0.115. The molecule has 1 heterocycles. The van der Waals surface area contributed by atoms with Gasteiger partial charge in [-0.15, -0.1) is 0 Å². The summed E-state index contributed by atoms with van der Waals surface area (Å²) in [4.78, 5) is 25.0. The highest BCUT2D eigenvalue weighted by atomic mass is 19.1. The van der Waals surface area contributed by atoms with Gasteiger partial charge in [-0.1, -0.05) is 11.1 Å². The second-order valence-electron chi connectivity index (χ2n) is 4.30. The molecule has 114 valence electrons. The van der Waals surface area contributed by atoms with Crippen molar-refractivity contribution in [1.29, 1.82) is 0 Å². The van der Waals surface area contributed by atoms with Crippen molar-refractivity contribution in [3.63, 3.8) is 0 Å². The molecule has 0 saturated carbocycles. The Balaban J connectivity index is 1.97. The first-order valence-electron chi connectivity index (χ1n) is 6.08. The van der Waals surface area contributed by atoms with Crippen LogP contribution in [0.4, 0.5) is 10.3 Å². The molecule has 1 aromatic heterocycles. The molecule has 0 bridgehead atoms. The molecule has 2 aromatic rings. The number of aromatic nitrogens is 3. The number of nitrogens with one attached hydrogen (secondary N) is 1. The molecule has 1 N–H and O–H groups in total. The fraction of sp³-hybridized carbons (Fsp3) is 0.167. The maximum absolute atomic E-state index is 13.0. The Bertz CT molecular complexity index is 742. The molecule has 0 radical (unpaired) electrons. The maximum atomic E-state index is 13.0. The van der Waals surface area contributed by atoms with Crippen molar-refractivity contribution in [2.24, 2.45) is 5.10 Å². The second-order valence-corrected chi connectivity index (χ2v) is 4.30. The third-order valence-corrected chi connectivity index (χ3v) is 2.51. The Labute approximate surface area is 123 Å². The van der Waals surface area contributed by atoms with E-state index in [-0.39, 0.29) is 12.1 Å². The summed E-state index contributed by atoms with van der Waals surface area (Å²) in [5.41, 5.74) is 2.83. The summed E-state index contributed by atoms with van der Waals surface area (Å²) in [6.45, 7) is 1.71. The molecule has 0 aliphatic heterocycles. The van der Waals surface area contributed by atoms with E-state index in [2.05, 4.69) is 20.6 Å². The van der Waals surface area contributed by atoms with Crippen LogP contribution in [-0.4, -0.2) is 31.3 Å². The van der Waals surface area contributed by atoms with E-state index in [1.807, 2.05) is 0 Å². The van der Waals surface area contributed by atoms with Gasteiger partial charge in [-0.2, -0.15) is 9.78 Å². The predicted molar refractivity (Wildman–Crippen MR) is 73.7 cm³/mol. The first-order chi connectivity index (χ1) is 10.5. The first kappa shape index (κ1) is 15.2. The zero-order valence-corrected chi connectivity index (χ0v) is 11.4. The van der Waals surface area contributed by atoms with Gasteiger partial charge < -0.3 is 10.1 Å². The Morgan fingerprint density at radius 1 is 1.55 bits per heavy atom. The van der Waals surface area contributed by atoms with Gasteiger partial charge in [0, 0.05) is 10.7 Å². The molecule has 10 heteroatoms. The molecule has 0 spiro atoms. The molecule has 1 amide bonds. The van der Waals surface area contributed by atoms with Crippen LogP contribution in [0, 0.1) is 15.9 Å². The van der Waals surface area contributed by atoms with E-state index >= 15 is 0 Å². The van der Waals surface area contributed by atoms with E-state index in [1.165, 1.54) is 29.2 Å². The zero-order valence-electron chi connectivity index (χ0n) is 11.4. The normalized spacial score (nSPS) is 11.3. The van der Waals surface area contributed by atoms with Crippen LogP contribution in [0.25, 0.3) is 0 Å². The topological polar surface area (TPSA) is 115 Å². The van der Waals surface area contributed by atoms with Crippen LogP contribution in [0.5, 0.6) is 0 Å². The SMILES string of the molecule is CC(Cn1cnc([N+](=O)[O-])n1)=NNC(=O)c1cccc(F)c1. The molecule has 0 unspecified atom stereocenters. The summed E-state index contributed by atoms with van der Waals surface area (Å²) in [6, 6.07) is 5.17. The van der Waals surface area contributed by atoms with Crippen molar-refractivity contribution in [2.45, 2.75) is 13.5 Å². The van der Waals surface area contributed by atoms with Gasteiger partial charge >= 0.3 is 5.95 Å². The number of rotatable bonds is 5. The Hall–Kier alpha value is -3.17. The van der Waals surface area contributed by atoms with Crippen LogP contribution in [0.3, 0.4) is 0 Å². The smallest absolute Gasteiger partial charge is 0.390 e. The zero-order chi connectivity index (χ0) is 16.1. The number of hydrogen-bond donors (Lipinski definition) is 1. The van der Waals surface area contributed by atoms with Gasteiger partial charge in [0.05, 0.1) is 12.3 Å². The fourth-order valence-electron chi connectivity index (χ4n) is 1.55. The predicted octanol–water partition coefficient (Wildman–Crippen LogP) is 1.13. The van der Waals surface area contributed by atoms with Crippen LogP contribution in [-0.2, 0) is 6.54 Å². The van der Waals surface area contributed by atoms with Crippen molar-refractivity contribution < 1.29 is 14.1 Å². The van der Waals surface area contributed by atoms with Gasteiger partial charge in [0.1, 0.15) is 5.82 Å². The van der Waals surface area contributed by atoms with E-state index in [1.54, 1.807) is 6.92 Å². The summed E-state index contributed by atoms with van der Waals surface area (Å²) < 4.78 is 14.2. The number of hydrogen-bond acceptors (Lipinski definition) is 6. The fourth-order valence-corrected chi connectivity index (χ4v) is 1.55. The summed E-state index contributed by atoms with van der Waals surface area (Å²) >= 11 is 0. The van der Waals surface area contributed by atoms with Crippen LogP contribution < -0.4 is 5.43 Å². The molecule has 0 fully saturated rings. The number of nitrogens with zero attached hydrogens (tertiary/aromatic N) is 5. The van der Waals surface area contributed by atoms with E-state index in [9.17, 15) is 19.3 Å². The van der Waals surface area contributed by atoms with Crippen LogP contribution in [0.2, 0.25) is 0 Å². The third kappa shape index (κ3) is 3.91. The van der Waals surface area contributed by atoms with Crippen LogP contribution in [0.1, 0.15) is 17.3 Å². The molecule has 22 heavy (non-hydrogen) atoms. The Kier molecular flexibility index (Phi) is 4.51. The van der Waals surface area contributed by atoms with Crippen LogP contribution in [0.15, 0.2) is 35.7 Å². The second kappa shape index (κ2) is 6.52. The first-order valence-corrected chi connectivity index (χ1v) is 6.08. The van der Waals surface area contributed by atoms with E-state index in [0.717, 1.165) is 6.07 Å². The van der Waals surface area contributed by atoms with Gasteiger partial charge in [-0.3, -0.25) is 4.79 Å². The minimum atomic E-state index is -0.714. The molecular formula is C12H11FN6O3. The molecule has 1 aromatic carbocycles. The summed E-state index contributed by atoms with van der Waals surface area (Å²) in [7, 11) is 0. The Morgan fingerprint density at radius 2 is 2.32 bits per heavy atom. The quantitative estimate of drug-likeness (QED) is 0.505. The summed E-state index contributed by atoms with van der Waals surface area (Å²) in [5.74, 6) is -1.61. The lowest BCUT2D eigenvalue weighted by Gasteiger charge is -2.02. The molecule has 2 rings (SSSR count). The van der Waals surface area contributed by atoms with Gasteiger partial charge in [-0.05, 0) is 30.0 Å². The van der Waals surface area contributed by atoms with Crippen molar-refractivity contribution >= 4 is 17.6 Å². The average molecular weight is 306 g/mol. The number of carbonyl (C=O) groups excluding carboxylic acids is 1. The number of hydrazone groups is 1. The lowest BCUT2D eigenvalue weighted by atomic mass is 10.2. The van der Waals surface area contributed by atoms with Crippen molar-refractivity contribution in [3.05, 3.63) is 52.1 Å². The highest BCUT2D eigenvalue weighted by Gasteiger charge is 2.13. The molecule has 0 aliphatic carbocycles. The maximum Gasteiger partial charge on any atom is 0.490 e. The monoisotopic (exact) mass is 306 g/mol. The molecule has 0 saturated heterocycles. The lowest BCUT2D eigenvalue weighted by Crippen LogP contribution is -2.20. The third-order valence-electron chi connectivity index (χ3n) is 2.51. The number of nitro groups is 1. The lowest BCUT2D eigenvalue weighted by molar-refractivity contribution is -0.394. The molecule has 9 nitrogen and oxygen atoms in total. The van der Waals surface area contributed by atoms with Gasteiger partial charge in [0.2, 0.25) is 6.33 Å². The van der Waals surface area contributed by atoms with Gasteiger partial charge in [0.25, 0.3) is 5.91 Å². The minimum Gasteiger partial charge on any atom is -0.390 e. The summed E-state index contributed by atoms with van der Waals surface area (Å²) in [5, 5.41) is 17.9. The standard InChI is InChI=1S/C12H11FN6O3/c1-8(6-18-7-14-12(17-18)19(21)22)15-16-11(20)9-3-2-4-10(13)5-9/h2-5,7H,6H2,1H3,(H,16,20). The Morgan fingerprint density at radius 3 is 2.95 bits per heavy atom. The van der Waals surface area contributed by atoms with E-state index in [0.29, 0.717) is 5.71 Å². The number of halogens is 1. The molecule has 0 aliphatic rings. The van der Waals surface area contributed by atoms with Gasteiger partial charge in [0.15, 0.2) is 0 Å². The summed E-state index contributed by atoms with van der Waals surface area (Å²) in [6.07, 6.45) is 1.19. The van der Waals surface area contributed by atoms with Gasteiger partial charge in [-0.25, -0.2) is 9.82 Å². The van der Waals surface area contributed by atoms with Crippen molar-refractivity contribution in [2.75, 3.05) is 0 Å². The largest absolute Gasteiger partial charge is 0.490 e.